The van der Waals surface area contributed by atoms with Gasteiger partial charge >= 0.3 is 0 Å². The first-order chi connectivity index (χ1) is 9.48. The van der Waals surface area contributed by atoms with Crippen molar-refractivity contribution in [2.75, 3.05) is 0 Å². The molecule has 114 valence electrons. The molecule has 0 saturated carbocycles. The Kier molecular flexibility index (Phi) is 5.00. The summed E-state index contributed by atoms with van der Waals surface area (Å²) in [5.41, 5.74) is 0.288. The zero-order valence-corrected chi connectivity index (χ0v) is 15.3. The number of hydrogen-bond acceptors (Lipinski definition) is 1. The number of halogens is 7. The van der Waals surface area contributed by atoms with Gasteiger partial charge in [0, 0.05) is 5.39 Å². The quantitative estimate of drug-likeness (QED) is 0.528. The minimum Gasteiger partial charge on any atom is -0.507 e. The monoisotopic (exact) mass is 424 g/mol. The average Bonchev–Trinajstić information content (AvgIpc) is 2.37. The second kappa shape index (κ2) is 5.87. The molecule has 8 heteroatoms. The Morgan fingerprint density at radius 2 is 1.43 bits per heavy atom. The SMILES string of the molecule is Oc1cccc2ccc(C(Cl)(Cl)C(Cl)(Cl)C(Cl)(Cl)Cl)cc12. The molecule has 1 N–H and O–H groups in total. The van der Waals surface area contributed by atoms with Crippen molar-refractivity contribution in [2.24, 2.45) is 0 Å². The highest BCUT2D eigenvalue weighted by Crippen LogP contribution is 2.60. The molecule has 0 bridgehead atoms. The first kappa shape index (κ1) is 17.9. The molecule has 21 heavy (non-hydrogen) atoms. The molecule has 2 aromatic rings. The maximum Gasteiger partial charge on any atom is 0.226 e. The summed E-state index contributed by atoms with van der Waals surface area (Å²) in [7, 11) is 0. The smallest absolute Gasteiger partial charge is 0.226 e. The van der Waals surface area contributed by atoms with E-state index in [0.29, 0.717) is 5.39 Å². The highest BCUT2D eigenvalue weighted by Gasteiger charge is 2.60. The van der Waals surface area contributed by atoms with Crippen LogP contribution in [0.2, 0.25) is 0 Å². The Morgan fingerprint density at radius 1 is 0.810 bits per heavy atom. The van der Waals surface area contributed by atoms with Crippen LogP contribution < -0.4 is 0 Å². The van der Waals surface area contributed by atoms with Gasteiger partial charge < -0.3 is 5.11 Å². The van der Waals surface area contributed by atoms with Gasteiger partial charge in [-0.3, -0.25) is 0 Å². The molecule has 0 heterocycles. The summed E-state index contributed by atoms with van der Waals surface area (Å²) in [6, 6.07) is 9.89. The number of phenols is 1. The second-order valence-corrected chi connectivity index (χ2v) is 9.30. The van der Waals surface area contributed by atoms with E-state index in [1.165, 1.54) is 6.07 Å². The second-order valence-electron chi connectivity index (χ2n) is 4.36. The standard InChI is InChI=1S/C13H7Cl7O/c14-11(15,12(16,17)13(18,19)20)8-5-4-7-2-1-3-10(21)9(7)6-8/h1-6,21H. The zero-order valence-electron chi connectivity index (χ0n) is 10.1. The van der Waals surface area contributed by atoms with Gasteiger partial charge in [-0.1, -0.05) is 105 Å². The average molecular weight is 427 g/mol. The summed E-state index contributed by atoms with van der Waals surface area (Å²) in [4.78, 5) is 0. The van der Waals surface area contributed by atoms with Gasteiger partial charge in [0.2, 0.25) is 8.13 Å². The van der Waals surface area contributed by atoms with Gasteiger partial charge in [0.05, 0.1) is 0 Å². The lowest BCUT2D eigenvalue weighted by molar-refractivity contribution is 0.481. The van der Waals surface area contributed by atoms with Crippen LogP contribution in [0.3, 0.4) is 0 Å². The number of aromatic hydroxyl groups is 1. The number of rotatable bonds is 2. The van der Waals surface area contributed by atoms with Gasteiger partial charge in [0.25, 0.3) is 0 Å². The summed E-state index contributed by atoms with van der Waals surface area (Å²) in [6.07, 6.45) is 0. The number of hydrogen-bond donors (Lipinski definition) is 1. The number of fused-ring (bicyclic) bond motifs is 1. The van der Waals surface area contributed by atoms with Gasteiger partial charge in [0.1, 0.15) is 5.75 Å². The normalized spacial score (nSPS) is 13.7. The molecule has 0 radical (unpaired) electrons. The van der Waals surface area contributed by atoms with Crippen molar-refractivity contribution < 1.29 is 5.11 Å². The first-order valence-electron chi connectivity index (χ1n) is 5.53. The third-order valence-electron chi connectivity index (χ3n) is 2.97. The Labute approximate surface area is 156 Å². The van der Waals surface area contributed by atoms with Crippen molar-refractivity contribution in [3.05, 3.63) is 42.0 Å². The lowest BCUT2D eigenvalue weighted by Gasteiger charge is -2.37. The van der Waals surface area contributed by atoms with Gasteiger partial charge in [0.15, 0.2) is 4.33 Å². The van der Waals surface area contributed by atoms with Crippen LogP contribution in [0, 0.1) is 0 Å². The predicted molar refractivity (Wildman–Crippen MR) is 93.7 cm³/mol. The van der Waals surface area contributed by atoms with Crippen LogP contribution >= 0.6 is 81.2 Å². The highest BCUT2D eigenvalue weighted by molar-refractivity contribution is 6.78. The molecule has 0 saturated heterocycles. The van der Waals surface area contributed by atoms with E-state index in [2.05, 4.69) is 0 Å². The summed E-state index contributed by atoms with van der Waals surface area (Å²) in [5.74, 6) is 0.0575. The van der Waals surface area contributed by atoms with Crippen molar-refractivity contribution >= 4 is 92.0 Å². The predicted octanol–water partition coefficient (Wildman–Crippen LogP) is 6.72. The van der Waals surface area contributed by atoms with Crippen molar-refractivity contribution in [3.63, 3.8) is 0 Å². The number of benzene rings is 2. The molecule has 0 atom stereocenters. The Bertz CT molecular complexity index is 676. The molecule has 0 unspecified atom stereocenters. The van der Waals surface area contributed by atoms with Crippen LogP contribution in [0.5, 0.6) is 5.75 Å². The zero-order chi connectivity index (χ0) is 16.1. The van der Waals surface area contributed by atoms with E-state index in [9.17, 15) is 5.11 Å². The third-order valence-corrected chi connectivity index (χ3v) is 6.93. The molecule has 0 fully saturated rings. The number of alkyl halides is 7. The molecule has 2 aromatic carbocycles. The lowest BCUT2D eigenvalue weighted by Crippen LogP contribution is -2.45. The third kappa shape index (κ3) is 3.12. The molecule has 0 aliphatic rings. The minimum absolute atomic E-state index is 0.0575. The number of phenolic OH excluding ortho intramolecular Hbond substituents is 1. The van der Waals surface area contributed by atoms with Crippen LogP contribution in [0.15, 0.2) is 36.4 Å². The minimum atomic E-state index is -2.13. The van der Waals surface area contributed by atoms with E-state index in [-0.39, 0.29) is 11.3 Å². The molecule has 1 nitrogen and oxygen atoms in total. The van der Waals surface area contributed by atoms with Gasteiger partial charge in [-0.15, -0.1) is 0 Å². The topological polar surface area (TPSA) is 20.2 Å². The van der Waals surface area contributed by atoms with Crippen molar-refractivity contribution in [1.82, 2.24) is 0 Å². The van der Waals surface area contributed by atoms with Crippen LogP contribution in [0.4, 0.5) is 0 Å². The highest BCUT2D eigenvalue weighted by atomic mass is 35.6. The molecule has 0 aliphatic carbocycles. The maximum absolute atomic E-state index is 9.89. The summed E-state index contributed by atoms with van der Waals surface area (Å²) in [5, 5.41) is 11.2. The molecule has 0 aliphatic heterocycles. The largest absolute Gasteiger partial charge is 0.507 e. The molecular formula is C13H7Cl7O. The molecule has 0 aromatic heterocycles. The molecule has 0 amide bonds. The van der Waals surface area contributed by atoms with E-state index in [0.717, 1.165) is 5.39 Å². The Balaban J connectivity index is 2.63. The van der Waals surface area contributed by atoms with Gasteiger partial charge in [-0.25, -0.2) is 0 Å². The van der Waals surface area contributed by atoms with Crippen LogP contribution in [0.1, 0.15) is 5.56 Å². The van der Waals surface area contributed by atoms with Crippen molar-refractivity contribution in [2.45, 2.75) is 12.5 Å². The molecule has 0 spiro atoms. The Hall–Kier alpha value is 0.530. The van der Waals surface area contributed by atoms with Crippen molar-refractivity contribution in [1.29, 1.82) is 0 Å². The fraction of sp³-hybridized carbons (Fsp3) is 0.231. The molecular weight excluding hydrogens is 420 g/mol. The van der Waals surface area contributed by atoms with E-state index < -0.39 is 12.5 Å². The van der Waals surface area contributed by atoms with Gasteiger partial charge in [-0.05, 0) is 23.1 Å². The van der Waals surface area contributed by atoms with E-state index in [1.54, 1.807) is 24.3 Å². The van der Waals surface area contributed by atoms with E-state index >= 15 is 0 Å². The van der Waals surface area contributed by atoms with Gasteiger partial charge in [-0.2, -0.15) is 0 Å². The van der Waals surface area contributed by atoms with E-state index in [1.807, 2.05) is 6.07 Å². The lowest BCUT2D eigenvalue weighted by atomic mass is 10.0. The fourth-order valence-electron chi connectivity index (χ4n) is 1.81. The molecule has 2 rings (SSSR count). The Morgan fingerprint density at radius 3 is 2.00 bits per heavy atom. The van der Waals surface area contributed by atoms with Crippen LogP contribution in [-0.4, -0.2) is 13.2 Å². The summed E-state index contributed by atoms with van der Waals surface area (Å²) in [6.45, 7) is 0. The maximum atomic E-state index is 9.89. The fourth-order valence-corrected chi connectivity index (χ4v) is 3.26. The first-order valence-corrected chi connectivity index (χ1v) is 8.17. The van der Waals surface area contributed by atoms with Crippen molar-refractivity contribution in [3.8, 4) is 5.75 Å². The summed E-state index contributed by atoms with van der Waals surface area (Å²) < 4.78 is -6.17. The van der Waals surface area contributed by atoms with E-state index in [4.69, 9.17) is 81.2 Å². The van der Waals surface area contributed by atoms with Crippen LogP contribution in [-0.2, 0) is 4.33 Å². The summed E-state index contributed by atoms with van der Waals surface area (Å²) >= 11 is 41.9. The van der Waals surface area contributed by atoms with Crippen LogP contribution in [0.25, 0.3) is 10.8 Å².